The number of hydrogen-bond donors (Lipinski definition) is 0. The molecule has 2 aromatic heterocycles. The molecule has 0 unspecified atom stereocenters. The van der Waals surface area contributed by atoms with E-state index in [0.29, 0.717) is 23.8 Å². The Balaban J connectivity index is 1.31. The van der Waals surface area contributed by atoms with Crippen molar-refractivity contribution in [1.82, 2.24) is 23.6 Å². The predicted molar refractivity (Wildman–Crippen MR) is 116 cm³/mol. The molecule has 9 heteroatoms. The highest BCUT2D eigenvalue weighted by molar-refractivity contribution is 5.71. The summed E-state index contributed by atoms with van der Waals surface area (Å²) < 4.78 is 9.92. The molecule has 3 heterocycles. The lowest BCUT2D eigenvalue weighted by molar-refractivity contribution is 0.216. The molecule has 3 aromatic rings. The third-order valence-corrected chi connectivity index (χ3v) is 5.78. The van der Waals surface area contributed by atoms with Gasteiger partial charge in [-0.3, -0.25) is 23.4 Å². The highest BCUT2D eigenvalue weighted by Crippen LogP contribution is 2.17. The van der Waals surface area contributed by atoms with E-state index in [-0.39, 0.29) is 5.56 Å². The molecule has 0 saturated carbocycles. The maximum atomic E-state index is 12.4. The van der Waals surface area contributed by atoms with Crippen molar-refractivity contribution in [2.45, 2.75) is 6.42 Å². The summed E-state index contributed by atoms with van der Waals surface area (Å²) in [5, 5.41) is 0. The topological polar surface area (TPSA) is 77.5 Å². The lowest BCUT2D eigenvalue weighted by Gasteiger charge is -2.36. The molecule has 1 aliphatic rings. The van der Waals surface area contributed by atoms with Gasteiger partial charge in [0.2, 0.25) is 0 Å². The summed E-state index contributed by atoms with van der Waals surface area (Å²) in [6.07, 6.45) is 0.867. The number of anilines is 1. The summed E-state index contributed by atoms with van der Waals surface area (Å²) in [4.78, 5) is 33.8. The second kappa shape index (κ2) is 8.35. The van der Waals surface area contributed by atoms with Gasteiger partial charge in [0.15, 0.2) is 11.2 Å². The van der Waals surface area contributed by atoms with Crippen molar-refractivity contribution < 1.29 is 4.74 Å². The molecule has 1 aromatic carbocycles. The number of rotatable bonds is 6. The van der Waals surface area contributed by atoms with Crippen LogP contribution in [-0.2, 0) is 21.1 Å². The third-order valence-electron chi connectivity index (χ3n) is 5.78. The molecule has 9 nitrogen and oxygen atoms in total. The molecule has 0 amide bonds. The molecule has 30 heavy (non-hydrogen) atoms. The summed E-state index contributed by atoms with van der Waals surface area (Å²) >= 11 is 0. The van der Waals surface area contributed by atoms with Crippen molar-refractivity contribution in [2.24, 2.45) is 21.1 Å². The molecule has 0 atom stereocenters. The molecular formula is C21H28N6O3. The normalized spacial score (nSPS) is 15.1. The quantitative estimate of drug-likeness (QED) is 0.551. The largest absolute Gasteiger partial charge is 0.465 e. The Morgan fingerprint density at radius 1 is 0.933 bits per heavy atom. The number of aryl methyl sites for hydroxylation is 2. The number of benzene rings is 1. The number of nitrogens with zero attached hydrogens (tertiary/aromatic N) is 6. The molecule has 4 rings (SSSR count). The molecule has 1 fully saturated rings. The van der Waals surface area contributed by atoms with Gasteiger partial charge in [-0.25, -0.2) is 4.79 Å². The van der Waals surface area contributed by atoms with E-state index in [2.05, 4.69) is 39.0 Å². The van der Waals surface area contributed by atoms with Crippen LogP contribution < -0.4 is 20.9 Å². The fraction of sp³-hybridized carbons (Fsp3) is 0.476. The highest BCUT2D eigenvalue weighted by Gasteiger charge is 2.19. The summed E-state index contributed by atoms with van der Waals surface area (Å²) in [7, 11) is 4.81. The van der Waals surface area contributed by atoms with E-state index < -0.39 is 5.69 Å². The van der Waals surface area contributed by atoms with E-state index in [4.69, 9.17) is 4.74 Å². The number of piperazine rings is 1. The van der Waals surface area contributed by atoms with Crippen molar-refractivity contribution in [2.75, 3.05) is 44.2 Å². The zero-order valence-electron chi connectivity index (χ0n) is 17.7. The number of fused-ring (bicyclic) bond motifs is 1. The van der Waals surface area contributed by atoms with Gasteiger partial charge < -0.3 is 9.64 Å². The van der Waals surface area contributed by atoms with E-state index in [1.165, 1.54) is 17.3 Å². The molecular weight excluding hydrogens is 384 g/mol. The van der Waals surface area contributed by atoms with Gasteiger partial charge >= 0.3 is 5.69 Å². The Labute approximate surface area is 174 Å². The minimum absolute atomic E-state index is 0.345. The molecule has 1 aliphatic heterocycles. The number of hydrogen-bond acceptors (Lipinski definition) is 6. The maximum absolute atomic E-state index is 12.4. The average Bonchev–Trinajstić information content (AvgIpc) is 3.11. The molecule has 1 saturated heterocycles. The molecule has 0 bridgehead atoms. The van der Waals surface area contributed by atoms with Gasteiger partial charge in [-0.2, -0.15) is 4.98 Å². The molecule has 0 spiro atoms. The van der Waals surface area contributed by atoms with Gasteiger partial charge in [0.1, 0.15) is 0 Å². The van der Waals surface area contributed by atoms with E-state index >= 15 is 0 Å². The van der Waals surface area contributed by atoms with Crippen LogP contribution >= 0.6 is 0 Å². The van der Waals surface area contributed by atoms with Crippen LogP contribution in [-0.4, -0.2) is 62.9 Å². The van der Waals surface area contributed by atoms with Crippen LogP contribution in [0, 0.1) is 0 Å². The van der Waals surface area contributed by atoms with Gasteiger partial charge in [-0.15, -0.1) is 0 Å². The monoisotopic (exact) mass is 412 g/mol. The van der Waals surface area contributed by atoms with Gasteiger partial charge in [0, 0.05) is 59.6 Å². The Bertz CT molecular complexity index is 1140. The molecule has 0 N–H and O–H groups in total. The van der Waals surface area contributed by atoms with Gasteiger partial charge in [-0.05, 0) is 18.6 Å². The van der Waals surface area contributed by atoms with Crippen LogP contribution in [0.4, 0.5) is 5.69 Å². The lowest BCUT2D eigenvalue weighted by Crippen LogP contribution is -2.46. The fourth-order valence-corrected chi connectivity index (χ4v) is 3.95. The van der Waals surface area contributed by atoms with E-state index in [0.717, 1.165) is 43.7 Å². The van der Waals surface area contributed by atoms with E-state index in [9.17, 15) is 9.59 Å². The molecule has 0 radical (unpaired) electrons. The van der Waals surface area contributed by atoms with Crippen molar-refractivity contribution in [3.05, 3.63) is 51.2 Å². The maximum Gasteiger partial charge on any atom is 0.332 e. The Hall–Kier alpha value is -3.07. The number of imidazole rings is 1. The van der Waals surface area contributed by atoms with Crippen molar-refractivity contribution >= 4 is 16.9 Å². The summed E-state index contributed by atoms with van der Waals surface area (Å²) in [5.74, 6) is 0. The first-order valence-electron chi connectivity index (χ1n) is 10.2. The minimum Gasteiger partial charge on any atom is -0.465 e. The Morgan fingerprint density at radius 2 is 1.63 bits per heavy atom. The molecule has 0 aliphatic carbocycles. The number of para-hydroxylation sites is 1. The van der Waals surface area contributed by atoms with Crippen molar-refractivity contribution in [3.63, 3.8) is 0 Å². The summed E-state index contributed by atoms with van der Waals surface area (Å²) in [6, 6.07) is 10.9. The first-order valence-corrected chi connectivity index (χ1v) is 10.2. The minimum atomic E-state index is -0.396. The first-order chi connectivity index (χ1) is 14.5. The van der Waals surface area contributed by atoms with Crippen molar-refractivity contribution in [3.8, 4) is 6.01 Å². The van der Waals surface area contributed by atoms with Crippen LogP contribution in [0.3, 0.4) is 0 Å². The SMILES string of the molecule is Cn1c(=O)c2c(nc(OCCCN3CCN(c4ccccc4)CC3)n2C)n(C)c1=O. The van der Waals surface area contributed by atoms with E-state index in [1.807, 2.05) is 6.07 Å². The smallest absolute Gasteiger partial charge is 0.332 e. The highest BCUT2D eigenvalue weighted by atomic mass is 16.5. The second-order valence-electron chi connectivity index (χ2n) is 7.70. The zero-order chi connectivity index (χ0) is 21.3. The first kappa shape index (κ1) is 20.2. The van der Waals surface area contributed by atoms with E-state index in [1.54, 1.807) is 18.7 Å². The fourth-order valence-electron chi connectivity index (χ4n) is 3.95. The Morgan fingerprint density at radius 3 is 2.33 bits per heavy atom. The van der Waals surface area contributed by atoms with Crippen LogP contribution in [0.2, 0.25) is 0 Å². The lowest BCUT2D eigenvalue weighted by atomic mass is 10.2. The molecule has 160 valence electrons. The number of aromatic nitrogens is 4. The van der Waals surface area contributed by atoms with Crippen molar-refractivity contribution in [1.29, 1.82) is 0 Å². The average molecular weight is 412 g/mol. The van der Waals surface area contributed by atoms with Crippen LogP contribution in [0.25, 0.3) is 11.2 Å². The zero-order valence-corrected chi connectivity index (χ0v) is 17.7. The number of ether oxygens (including phenoxy) is 1. The third kappa shape index (κ3) is 3.72. The van der Waals surface area contributed by atoms with Crippen LogP contribution in [0.1, 0.15) is 6.42 Å². The van der Waals surface area contributed by atoms with Gasteiger partial charge in [0.25, 0.3) is 11.6 Å². The van der Waals surface area contributed by atoms with Crippen LogP contribution in [0.5, 0.6) is 6.01 Å². The predicted octanol–water partition coefficient (Wildman–Crippen LogP) is 0.562. The summed E-state index contributed by atoms with van der Waals surface area (Å²) in [5.41, 5.74) is 1.23. The van der Waals surface area contributed by atoms with Crippen LogP contribution in [0.15, 0.2) is 39.9 Å². The standard InChI is InChI=1S/C21H28N6O3/c1-23-17-18(24(2)21(29)25(3)19(17)28)22-20(23)30-15-7-10-26-11-13-27(14-12-26)16-8-5-4-6-9-16/h4-6,8-9H,7,10-15H2,1-3H3. The van der Waals surface area contributed by atoms with Gasteiger partial charge in [-0.1, -0.05) is 18.2 Å². The van der Waals surface area contributed by atoms with Gasteiger partial charge in [0.05, 0.1) is 6.61 Å². The second-order valence-corrected chi connectivity index (χ2v) is 7.70. The summed E-state index contributed by atoms with van der Waals surface area (Å²) in [6.45, 7) is 5.55. The Kier molecular flexibility index (Phi) is 5.63.